The molecule has 1 aliphatic heterocycles. The third-order valence-corrected chi connectivity index (χ3v) is 3.94. The maximum atomic E-state index is 12.3. The van der Waals surface area contributed by atoms with Crippen molar-refractivity contribution in [2.75, 3.05) is 4.90 Å². The lowest BCUT2D eigenvalue weighted by molar-refractivity contribution is -0.122. The van der Waals surface area contributed by atoms with Crippen LogP contribution in [0.3, 0.4) is 0 Å². The van der Waals surface area contributed by atoms with Crippen LogP contribution in [0, 0.1) is 11.8 Å². The summed E-state index contributed by atoms with van der Waals surface area (Å²) in [5.74, 6) is -0.250. The van der Waals surface area contributed by atoms with Gasteiger partial charge in [-0.3, -0.25) is 9.59 Å². The largest absolute Gasteiger partial charge is 0.274 e. The van der Waals surface area contributed by atoms with Gasteiger partial charge in [0.1, 0.15) is 5.82 Å². The lowest BCUT2D eigenvalue weighted by Gasteiger charge is -2.14. The second-order valence-electron chi connectivity index (χ2n) is 4.50. The summed E-state index contributed by atoms with van der Waals surface area (Å²) in [6, 6.07) is 3.46. The SMILES string of the molecule is O=C1[C@H]2CC=CC[C@H]2C(=O)N1c1cc(Br)ccn1. The Kier molecular flexibility index (Phi) is 2.78. The lowest BCUT2D eigenvalue weighted by Crippen LogP contribution is -2.31. The van der Waals surface area contributed by atoms with Crippen LogP contribution < -0.4 is 4.90 Å². The van der Waals surface area contributed by atoms with Crippen LogP contribution in [0.2, 0.25) is 0 Å². The predicted octanol–water partition coefficient (Wildman–Crippen LogP) is 2.30. The second kappa shape index (κ2) is 4.31. The molecule has 2 atom stereocenters. The van der Waals surface area contributed by atoms with E-state index in [1.54, 1.807) is 18.3 Å². The zero-order valence-corrected chi connectivity index (χ0v) is 11.1. The number of carbonyl (C=O) groups is 2. The van der Waals surface area contributed by atoms with E-state index < -0.39 is 0 Å². The molecule has 1 aliphatic carbocycles. The van der Waals surface area contributed by atoms with E-state index in [0.29, 0.717) is 18.7 Å². The van der Waals surface area contributed by atoms with E-state index in [-0.39, 0.29) is 23.7 Å². The third-order valence-electron chi connectivity index (χ3n) is 3.44. The molecular weight excluding hydrogens is 296 g/mol. The van der Waals surface area contributed by atoms with Gasteiger partial charge in [0, 0.05) is 10.7 Å². The first-order chi connectivity index (χ1) is 8.68. The van der Waals surface area contributed by atoms with Gasteiger partial charge in [0.2, 0.25) is 11.8 Å². The van der Waals surface area contributed by atoms with E-state index in [1.165, 1.54) is 4.90 Å². The number of nitrogens with zero attached hydrogens (tertiary/aromatic N) is 2. The zero-order chi connectivity index (χ0) is 12.7. The van der Waals surface area contributed by atoms with Crippen LogP contribution in [0.25, 0.3) is 0 Å². The molecule has 0 N–H and O–H groups in total. The Hall–Kier alpha value is -1.49. The average Bonchev–Trinajstić information content (AvgIpc) is 2.63. The molecule has 5 heteroatoms. The number of amides is 2. The number of hydrogen-bond acceptors (Lipinski definition) is 3. The molecule has 0 radical (unpaired) electrons. The van der Waals surface area contributed by atoms with Crippen LogP contribution >= 0.6 is 15.9 Å². The maximum Gasteiger partial charge on any atom is 0.239 e. The highest BCUT2D eigenvalue weighted by Gasteiger charge is 2.48. The molecule has 1 saturated heterocycles. The highest BCUT2D eigenvalue weighted by Crippen LogP contribution is 2.37. The number of allylic oxidation sites excluding steroid dienone is 2. The first kappa shape index (κ1) is 11.6. The number of halogens is 1. The molecule has 2 aliphatic rings. The Morgan fingerprint density at radius 2 is 1.78 bits per heavy atom. The number of rotatable bonds is 1. The Morgan fingerprint density at radius 1 is 1.17 bits per heavy atom. The van der Waals surface area contributed by atoms with Crippen molar-refractivity contribution in [1.29, 1.82) is 0 Å². The number of fused-ring (bicyclic) bond motifs is 1. The number of hydrogen-bond donors (Lipinski definition) is 0. The van der Waals surface area contributed by atoms with E-state index in [0.717, 1.165) is 4.47 Å². The van der Waals surface area contributed by atoms with E-state index >= 15 is 0 Å². The molecule has 0 aromatic carbocycles. The van der Waals surface area contributed by atoms with Crippen molar-refractivity contribution in [3.05, 3.63) is 35.0 Å². The molecule has 0 bridgehead atoms. The monoisotopic (exact) mass is 306 g/mol. The lowest BCUT2D eigenvalue weighted by atomic mass is 9.85. The summed E-state index contributed by atoms with van der Waals surface area (Å²) in [6.45, 7) is 0. The highest BCUT2D eigenvalue weighted by atomic mass is 79.9. The van der Waals surface area contributed by atoms with Crippen LogP contribution in [0.15, 0.2) is 35.0 Å². The molecule has 4 nitrogen and oxygen atoms in total. The van der Waals surface area contributed by atoms with Crippen molar-refractivity contribution in [2.45, 2.75) is 12.8 Å². The summed E-state index contributed by atoms with van der Waals surface area (Å²) in [7, 11) is 0. The van der Waals surface area contributed by atoms with Gasteiger partial charge in [0.15, 0.2) is 0 Å². The Labute approximate surface area is 113 Å². The fourth-order valence-electron chi connectivity index (χ4n) is 2.54. The van der Waals surface area contributed by atoms with E-state index in [9.17, 15) is 9.59 Å². The first-order valence-corrected chi connectivity index (χ1v) is 6.62. The zero-order valence-electron chi connectivity index (χ0n) is 9.54. The van der Waals surface area contributed by atoms with Gasteiger partial charge >= 0.3 is 0 Å². The van der Waals surface area contributed by atoms with Crippen LogP contribution in [-0.4, -0.2) is 16.8 Å². The van der Waals surface area contributed by atoms with Crippen molar-refractivity contribution in [3.8, 4) is 0 Å². The van der Waals surface area contributed by atoms with Crippen LogP contribution in [0.5, 0.6) is 0 Å². The molecule has 3 rings (SSSR count). The second-order valence-corrected chi connectivity index (χ2v) is 5.42. The van der Waals surface area contributed by atoms with Crippen molar-refractivity contribution in [2.24, 2.45) is 11.8 Å². The fraction of sp³-hybridized carbons (Fsp3) is 0.308. The first-order valence-electron chi connectivity index (χ1n) is 5.83. The van der Waals surface area contributed by atoms with Gasteiger partial charge in [-0.15, -0.1) is 0 Å². The van der Waals surface area contributed by atoms with Crippen molar-refractivity contribution in [3.63, 3.8) is 0 Å². The van der Waals surface area contributed by atoms with E-state index in [4.69, 9.17) is 0 Å². The topological polar surface area (TPSA) is 50.3 Å². The van der Waals surface area contributed by atoms with Gasteiger partial charge in [-0.2, -0.15) is 0 Å². The minimum absolute atomic E-state index is 0.125. The van der Waals surface area contributed by atoms with Crippen LogP contribution in [-0.2, 0) is 9.59 Å². The van der Waals surface area contributed by atoms with Gasteiger partial charge < -0.3 is 0 Å². The number of aromatic nitrogens is 1. The van der Waals surface area contributed by atoms with Gasteiger partial charge in [0.05, 0.1) is 11.8 Å². The van der Waals surface area contributed by atoms with E-state index in [1.807, 2.05) is 12.2 Å². The molecule has 1 aromatic rings. The molecule has 2 amide bonds. The standard InChI is InChI=1S/C13H11BrN2O2/c14-8-5-6-15-11(7-8)16-12(17)9-3-1-2-4-10(9)13(16)18/h1-2,5-7,9-10H,3-4H2/t9-,10+. The average molecular weight is 307 g/mol. The number of imide groups is 1. The Balaban J connectivity index is 1.99. The van der Waals surface area contributed by atoms with Gasteiger partial charge in [-0.25, -0.2) is 9.88 Å². The quantitative estimate of drug-likeness (QED) is 0.591. The maximum absolute atomic E-state index is 12.3. The summed E-state index contributed by atoms with van der Waals surface area (Å²) < 4.78 is 0.807. The highest BCUT2D eigenvalue weighted by molar-refractivity contribution is 9.10. The molecule has 0 spiro atoms. The smallest absolute Gasteiger partial charge is 0.239 e. The summed E-state index contributed by atoms with van der Waals surface area (Å²) in [5.41, 5.74) is 0. The molecule has 92 valence electrons. The van der Waals surface area contributed by atoms with Gasteiger partial charge in [0.25, 0.3) is 0 Å². The van der Waals surface area contributed by atoms with Crippen molar-refractivity contribution < 1.29 is 9.59 Å². The third kappa shape index (κ3) is 1.70. The molecule has 0 saturated carbocycles. The number of carbonyl (C=O) groups excluding carboxylic acids is 2. The number of anilines is 1. The molecule has 18 heavy (non-hydrogen) atoms. The minimum Gasteiger partial charge on any atom is -0.274 e. The van der Waals surface area contributed by atoms with E-state index in [2.05, 4.69) is 20.9 Å². The fourth-order valence-corrected chi connectivity index (χ4v) is 2.86. The molecular formula is C13H11BrN2O2. The van der Waals surface area contributed by atoms with Crippen LogP contribution in [0.1, 0.15) is 12.8 Å². The number of pyridine rings is 1. The predicted molar refractivity (Wildman–Crippen MR) is 69.8 cm³/mol. The summed E-state index contributed by atoms with van der Waals surface area (Å²) >= 11 is 3.32. The Bertz CT molecular complexity index is 530. The summed E-state index contributed by atoms with van der Waals surface area (Å²) in [5, 5.41) is 0. The molecule has 1 fully saturated rings. The molecule has 0 unspecified atom stereocenters. The van der Waals surface area contributed by atoms with Crippen LogP contribution in [0.4, 0.5) is 5.82 Å². The molecule has 2 heterocycles. The summed E-state index contributed by atoms with van der Waals surface area (Å²) in [6.07, 6.45) is 6.84. The van der Waals surface area contributed by atoms with Crippen molar-refractivity contribution in [1.82, 2.24) is 4.98 Å². The normalized spacial score (nSPS) is 26.6. The van der Waals surface area contributed by atoms with Crippen molar-refractivity contribution >= 4 is 33.6 Å². The Morgan fingerprint density at radius 3 is 2.33 bits per heavy atom. The molecule has 1 aromatic heterocycles. The minimum atomic E-state index is -0.205. The van der Waals surface area contributed by atoms with Gasteiger partial charge in [-0.1, -0.05) is 28.1 Å². The van der Waals surface area contributed by atoms with Gasteiger partial charge in [-0.05, 0) is 25.0 Å². The summed E-state index contributed by atoms with van der Waals surface area (Å²) in [4.78, 5) is 29.9.